The first-order valence-corrected chi connectivity index (χ1v) is 7.03. The highest BCUT2D eigenvalue weighted by Crippen LogP contribution is 2.38. The van der Waals surface area contributed by atoms with E-state index in [2.05, 4.69) is 0 Å². The summed E-state index contributed by atoms with van der Waals surface area (Å²) in [5.74, 6) is 0.997. The highest BCUT2D eigenvalue weighted by molar-refractivity contribution is 6.32. The fourth-order valence-corrected chi connectivity index (χ4v) is 2.69. The van der Waals surface area contributed by atoms with Crippen LogP contribution in [-0.4, -0.2) is 49.8 Å². The Balaban J connectivity index is 1.86. The maximum absolute atomic E-state index is 12.5. The van der Waals surface area contributed by atoms with Gasteiger partial charge in [0.15, 0.2) is 11.5 Å². The van der Waals surface area contributed by atoms with Crippen LogP contribution >= 0.6 is 11.6 Å². The van der Waals surface area contributed by atoms with Gasteiger partial charge in [-0.15, -0.1) is 0 Å². The van der Waals surface area contributed by atoms with E-state index in [0.717, 1.165) is 0 Å². The van der Waals surface area contributed by atoms with Gasteiger partial charge in [0, 0.05) is 18.7 Å². The van der Waals surface area contributed by atoms with Crippen LogP contribution in [-0.2, 0) is 4.74 Å². The molecule has 1 saturated heterocycles. The predicted molar refractivity (Wildman–Crippen MR) is 73.8 cm³/mol. The second kappa shape index (κ2) is 5.50. The Hall–Kier alpha value is -1.46. The smallest absolute Gasteiger partial charge is 0.254 e. The largest absolute Gasteiger partial charge is 0.486 e. The molecule has 2 aliphatic heterocycles. The van der Waals surface area contributed by atoms with Crippen molar-refractivity contribution in [3.63, 3.8) is 0 Å². The number of nitrogens with zero attached hydrogens (tertiary/aromatic N) is 1. The number of hydrogen-bond acceptors (Lipinski definition) is 4. The van der Waals surface area contributed by atoms with E-state index in [1.807, 2.05) is 6.92 Å². The van der Waals surface area contributed by atoms with E-state index in [4.69, 9.17) is 25.8 Å². The number of carbonyl (C=O) groups excluding carboxylic acids is 1. The van der Waals surface area contributed by atoms with Crippen LogP contribution in [0.15, 0.2) is 12.1 Å². The number of rotatable bonds is 1. The summed E-state index contributed by atoms with van der Waals surface area (Å²) in [6.07, 6.45) is 0.0559. The molecule has 3 rings (SSSR count). The summed E-state index contributed by atoms with van der Waals surface area (Å²) in [4.78, 5) is 14.3. The summed E-state index contributed by atoms with van der Waals surface area (Å²) in [5, 5.41) is 0.409. The molecule has 20 heavy (non-hydrogen) atoms. The maximum atomic E-state index is 12.5. The number of carbonyl (C=O) groups is 1. The third-order valence-electron chi connectivity index (χ3n) is 3.37. The lowest BCUT2D eigenvalue weighted by Gasteiger charge is -2.31. The van der Waals surface area contributed by atoms with Crippen molar-refractivity contribution in [2.24, 2.45) is 0 Å². The van der Waals surface area contributed by atoms with Gasteiger partial charge < -0.3 is 19.1 Å². The van der Waals surface area contributed by atoms with Crippen LogP contribution < -0.4 is 9.47 Å². The van der Waals surface area contributed by atoms with Gasteiger partial charge in [-0.2, -0.15) is 0 Å². The molecule has 2 heterocycles. The lowest BCUT2D eigenvalue weighted by Crippen LogP contribution is -2.44. The molecule has 0 radical (unpaired) electrons. The zero-order chi connectivity index (χ0) is 14.1. The number of fused-ring (bicyclic) bond motifs is 1. The molecule has 2 aliphatic rings. The number of amides is 1. The average molecular weight is 298 g/mol. The fourth-order valence-electron chi connectivity index (χ4n) is 2.42. The van der Waals surface area contributed by atoms with Crippen LogP contribution in [0.2, 0.25) is 5.02 Å². The molecular weight excluding hydrogens is 282 g/mol. The molecule has 1 fully saturated rings. The third-order valence-corrected chi connectivity index (χ3v) is 3.65. The van der Waals surface area contributed by atoms with Gasteiger partial charge in [0.2, 0.25) is 0 Å². The second-order valence-electron chi connectivity index (χ2n) is 4.91. The first-order chi connectivity index (χ1) is 9.65. The first-order valence-electron chi connectivity index (χ1n) is 6.65. The Morgan fingerprint density at radius 1 is 1.30 bits per heavy atom. The zero-order valence-corrected chi connectivity index (χ0v) is 12.0. The first kappa shape index (κ1) is 13.5. The summed E-state index contributed by atoms with van der Waals surface area (Å²) in [6.45, 7) is 4.64. The second-order valence-corrected chi connectivity index (χ2v) is 5.32. The van der Waals surface area contributed by atoms with Crippen molar-refractivity contribution in [2.45, 2.75) is 13.0 Å². The number of ether oxygens (including phenoxy) is 3. The van der Waals surface area contributed by atoms with Crippen molar-refractivity contribution in [2.75, 3.05) is 32.9 Å². The Labute approximate surface area is 122 Å². The minimum absolute atomic E-state index is 0.0559. The molecule has 5 nitrogen and oxygen atoms in total. The van der Waals surface area contributed by atoms with Crippen LogP contribution in [0.5, 0.6) is 11.5 Å². The lowest BCUT2D eigenvalue weighted by atomic mass is 10.1. The highest BCUT2D eigenvalue weighted by Gasteiger charge is 2.25. The van der Waals surface area contributed by atoms with E-state index < -0.39 is 0 Å². The number of hydrogen-bond donors (Lipinski definition) is 0. The van der Waals surface area contributed by atoms with Gasteiger partial charge in [-0.3, -0.25) is 4.79 Å². The molecular formula is C14H16ClNO4. The monoisotopic (exact) mass is 297 g/mol. The molecule has 1 aromatic carbocycles. The average Bonchev–Trinajstić information content (AvgIpc) is 2.46. The van der Waals surface area contributed by atoms with Crippen molar-refractivity contribution in [1.82, 2.24) is 4.90 Å². The molecule has 0 bridgehead atoms. The van der Waals surface area contributed by atoms with E-state index in [-0.39, 0.29) is 12.0 Å². The minimum atomic E-state index is -0.0565. The van der Waals surface area contributed by atoms with Crippen molar-refractivity contribution < 1.29 is 19.0 Å². The van der Waals surface area contributed by atoms with Gasteiger partial charge in [0.25, 0.3) is 5.91 Å². The minimum Gasteiger partial charge on any atom is -0.486 e. The summed E-state index contributed by atoms with van der Waals surface area (Å²) < 4.78 is 16.4. The van der Waals surface area contributed by atoms with Crippen LogP contribution in [0.3, 0.4) is 0 Å². The van der Waals surface area contributed by atoms with Crippen LogP contribution in [0.1, 0.15) is 17.3 Å². The van der Waals surface area contributed by atoms with Crippen molar-refractivity contribution in [1.29, 1.82) is 0 Å². The van der Waals surface area contributed by atoms with Crippen LogP contribution in [0.25, 0.3) is 0 Å². The molecule has 0 saturated carbocycles. The van der Waals surface area contributed by atoms with E-state index in [1.165, 1.54) is 0 Å². The summed E-state index contributed by atoms with van der Waals surface area (Å²) in [7, 11) is 0. The van der Waals surface area contributed by atoms with Gasteiger partial charge in [-0.05, 0) is 19.1 Å². The zero-order valence-electron chi connectivity index (χ0n) is 11.2. The maximum Gasteiger partial charge on any atom is 0.254 e. The van der Waals surface area contributed by atoms with E-state index in [1.54, 1.807) is 17.0 Å². The topological polar surface area (TPSA) is 48.0 Å². The van der Waals surface area contributed by atoms with Gasteiger partial charge >= 0.3 is 0 Å². The van der Waals surface area contributed by atoms with Gasteiger partial charge in [-0.1, -0.05) is 11.6 Å². The molecule has 1 atom stereocenters. The molecule has 1 aromatic rings. The number of halogens is 1. The Morgan fingerprint density at radius 2 is 2.10 bits per heavy atom. The summed E-state index contributed by atoms with van der Waals surface area (Å²) in [5.41, 5.74) is 0.522. The molecule has 6 heteroatoms. The van der Waals surface area contributed by atoms with Crippen molar-refractivity contribution in [3.05, 3.63) is 22.7 Å². The van der Waals surface area contributed by atoms with Crippen molar-refractivity contribution in [3.8, 4) is 11.5 Å². The van der Waals surface area contributed by atoms with Crippen LogP contribution in [0.4, 0.5) is 0 Å². The van der Waals surface area contributed by atoms with Gasteiger partial charge in [0.05, 0.1) is 17.7 Å². The van der Waals surface area contributed by atoms with Crippen molar-refractivity contribution >= 4 is 17.5 Å². The predicted octanol–water partition coefficient (Wildman–Crippen LogP) is 1.97. The summed E-state index contributed by atoms with van der Waals surface area (Å²) in [6, 6.07) is 3.33. The quantitative estimate of drug-likeness (QED) is 0.795. The molecule has 0 spiro atoms. The van der Waals surface area contributed by atoms with E-state index >= 15 is 0 Å². The Morgan fingerprint density at radius 3 is 2.90 bits per heavy atom. The highest BCUT2D eigenvalue weighted by atomic mass is 35.5. The molecule has 0 aromatic heterocycles. The molecule has 1 amide bonds. The normalized spacial score (nSPS) is 21.7. The molecule has 0 N–H and O–H groups in total. The standard InChI is InChI=1S/C14H16ClNO4/c1-9-8-16(2-3-18-9)14(17)10-6-11(15)13-12(7-10)19-4-5-20-13/h6-7,9H,2-5,8H2,1H3. The molecule has 1 unspecified atom stereocenters. The molecule has 108 valence electrons. The van der Waals surface area contributed by atoms with E-state index in [0.29, 0.717) is 55.0 Å². The lowest BCUT2D eigenvalue weighted by molar-refractivity contribution is -0.0124. The van der Waals surface area contributed by atoms with E-state index in [9.17, 15) is 4.79 Å². The SMILES string of the molecule is CC1CN(C(=O)c2cc(Cl)c3c(c2)OCCO3)CCO1. The summed E-state index contributed by atoms with van der Waals surface area (Å²) >= 11 is 6.16. The van der Waals surface area contributed by atoms with Gasteiger partial charge in [-0.25, -0.2) is 0 Å². The number of morpholine rings is 1. The van der Waals surface area contributed by atoms with Crippen LogP contribution in [0, 0.1) is 0 Å². The van der Waals surface area contributed by atoms with Gasteiger partial charge in [0.1, 0.15) is 13.2 Å². The molecule has 0 aliphatic carbocycles. The number of benzene rings is 1. The third kappa shape index (κ3) is 2.55. The Bertz CT molecular complexity index is 534. The fraction of sp³-hybridized carbons (Fsp3) is 0.500. The Kier molecular flexibility index (Phi) is 3.72.